The fourth-order valence-electron chi connectivity index (χ4n) is 5.15. The van der Waals surface area contributed by atoms with Gasteiger partial charge in [-0.15, -0.1) is 0 Å². The number of pyridine rings is 1. The first-order chi connectivity index (χ1) is 17.0. The maximum absolute atomic E-state index is 14.6. The maximum Gasteiger partial charge on any atom is 0.306 e. The highest BCUT2D eigenvalue weighted by Gasteiger charge is 2.30. The summed E-state index contributed by atoms with van der Waals surface area (Å²) in [5.41, 5.74) is 3.70. The van der Waals surface area contributed by atoms with Gasteiger partial charge < -0.3 is 14.6 Å². The van der Waals surface area contributed by atoms with Crippen LogP contribution in [0.3, 0.4) is 0 Å². The SMILES string of the molecule is Cc1cc2cc(F)c(F)cc2c(-c2ccc3c4c(ccnc24)CCO3)c1C(CC(=O)O)OC(C)(C)C. The van der Waals surface area contributed by atoms with Crippen molar-refractivity contribution >= 4 is 27.6 Å². The highest BCUT2D eigenvalue weighted by atomic mass is 19.2. The van der Waals surface area contributed by atoms with E-state index in [2.05, 4.69) is 4.98 Å². The van der Waals surface area contributed by atoms with Crippen molar-refractivity contribution in [3.05, 3.63) is 70.9 Å². The number of carboxylic acid groups (broad SMARTS) is 1. The summed E-state index contributed by atoms with van der Waals surface area (Å²) in [5, 5.41) is 11.6. The van der Waals surface area contributed by atoms with E-state index >= 15 is 0 Å². The van der Waals surface area contributed by atoms with Gasteiger partial charge in [-0.3, -0.25) is 9.78 Å². The maximum atomic E-state index is 14.6. The molecule has 1 aliphatic rings. The summed E-state index contributed by atoms with van der Waals surface area (Å²) in [6, 6.07) is 9.76. The number of aryl methyl sites for hydroxylation is 1. The minimum Gasteiger partial charge on any atom is -0.493 e. The number of hydrogen-bond donors (Lipinski definition) is 1. The van der Waals surface area contributed by atoms with Crippen LogP contribution < -0.4 is 4.74 Å². The van der Waals surface area contributed by atoms with Crippen LogP contribution in [0.4, 0.5) is 8.78 Å². The Morgan fingerprint density at radius 1 is 1.17 bits per heavy atom. The molecule has 7 heteroatoms. The molecule has 36 heavy (non-hydrogen) atoms. The Labute approximate surface area is 207 Å². The summed E-state index contributed by atoms with van der Waals surface area (Å²) in [4.78, 5) is 16.6. The summed E-state index contributed by atoms with van der Waals surface area (Å²) in [5.74, 6) is -2.24. The number of ether oxygens (including phenoxy) is 2. The third-order valence-corrected chi connectivity index (χ3v) is 6.44. The second-order valence-corrected chi connectivity index (χ2v) is 10.2. The van der Waals surface area contributed by atoms with E-state index in [4.69, 9.17) is 9.47 Å². The van der Waals surface area contributed by atoms with Gasteiger partial charge in [0.05, 0.1) is 30.2 Å². The molecule has 0 fully saturated rings. The van der Waals surface area contributed by atoms with E-state index in [9.17, 15) is 18.7 Å². The smallest absolute Gasteiger partial charge is 0.306 e. The van der Waals surface area contributed by atoms with Gasteiger partial charge in [-0.1, -0.05) is 6.07 Å². The number of halogens is 2. The second-order valence-electron chi connectivity index (χ2n) is 10.2. The second kappa shape index (κ2) is 8.82. The van der Waals surface area contributed by atoms with Gasteiger partial charge in [0.2, 0.25) is 0 Å². The van der Waals surface area contributed by atoms with Crippen molar-refractivity contribution in [3.8, 4) is 16.9 Å². The quantitative estimate of drug-likeness (QED) is 0.329. The molecule has 0 aliphatic carbocycles. The number of benzene rings is 3. The lowest BCUT2D eigenvalue weighted by molar-refractivity contribution is -0.143. The predicted molar refractivity (Wildman–Crippen MR) is 134 cm³/mol. The van der Waals surface area contributed by atoms with Gasteiger partial charge in [-0.2, -0.15) is 0 Å². The number of carbonyl (C=O) groups is 1. The third kappa shape index (κ3) is 4.28. The lowest BCUT2D eigenvalue weighted by Gasteiger charge is -2.30. The van der Waals surface area contributed by atoms with Crippen molar-refractivity contribution in [2.45, 2.75) is 52.2 Å². The molecule has 1 aromatic heterocycles. The average Bonchev–Trinajstić information content (AvgIpc) is 2.79. The topological polar surface area (TPSA) is 68.7 Å². The van der Waals surface area contributed by atoms with Crippen LogP contribution in [0, 0.1) is 18.6 Å². The zero-order valence-electron chi connectivity index (χ0n) is 20.6. The van der Waals surface area contributed by atoms with Crippen molar-refractivity contribution < 1.29 is 28.2 Å². The van der Waals surface area contributed by atoms with Gasteiger partial charge in [0.15, 0.2) is 11.6 Å². The molecule has 1 atom stereocenters. The van der Waals surface area contributed by atoms with E-state index in [-0.39, 0.29) is 6.42 Å². The summed E-state index contributed by atoms with van der Waals surface area (Å²) < 4.78 is 41.1. The molecule has 1 unspecified atom stereocenters. The van der Waals surface area contributed by atoms with Crippen LogP contribution in [0.2, 0.25) is 0 Å². The molecule has 0 spiro atoms. The standard InChI is InChI=1S/C29H27F2NO4/c1-15-11-17-12-20(30)21(31)13-19(17)27(25(15)23(14-24(33)34)36-29(2,3)4)18-5-6-22-26-16(8-10-35-22)7-9-32-28(18)26/h5-7,9,11-13,23H,8,10,14H2,1-4H3,(H,33,34). The number of aromatic nitrogens is 1. The van der Waals surface area contributed by atoms with Gasteiger partial charge in [0.25, 0.3) is 0 Å². The van der Waals surface area contributed by atoms with Crippen LogP contribution in [0.1, 0.15) is 50.0 Å². The highest BCUT2D eigenvalue weighted by molar-refractivity contribution is 6.08. The molecule has 1 aliphatic heterocycles. The summed E-state index contributed by atoms with van der Waals surface area (Å²) in [6.45, 7) is 7.97. The van der Waals surface area contributed by atoms with Gasteiger partial charge in [-0.05, 0) is 91.1 Å². The minimum absolute atomic E-state index is 0.294. The van der Waals surface area contributed by atoms with E-state index in [1.54, 1.807) is 12.3 Å². The summed E-state index contributed by atoms with van der Waals surface area (Å²) >= 11 is 0. The zero-order chi connectivity index (χ0) is 25.8. The molecule has 0 bridgehead atoms. The van der Waals surface area contributed by atoms with Gasteiger partial charge in [0.1, 0.15) is 5.75 Å². The Morgan fingerprint density at radius 2 is 1.92 bits per heavy atom. The highest BCUT2D eigenvalue weighted by Crippen LogP contribution is 2.46. The fourth-order valence-corrected chi connectivity index (χ4v) is 5.15. The average molecular weight is 492 g/mol. The number of nitrogens with zero attached hydrogens (tertiary/aromatic N) is 1. The van der Waals surface area contributed by atoms with Crippen molar-refractivity contribution in [1.82, 2.24) is 4.98 Å². The molecular formula is C29H27F2NO4. The van der Waals surface area contributed by atoms with Crippen molar-refractivity contribution in [3.63, 3.8) is 0 Å². The first-order valence-electron chi connectivity index (χ1n) is 11.9. The molecular weight excluding hydrogens is 464 g/mol. The van der Waals surface area contributed by atoms with Gasteiger partial charge in [-0.25, -0.2) is 8.78 Å². The Kier molecular flexibility index (Phi) is 5.91. The van der Waals surface area contributed by atoms with E-state index in [1.165, 1.54) is 12.1 Å². The van der Waals surface area contributed by atoms with E-state index in [0.717, 1.165) is 22.9 Å². The van der Waals surface area contributed by atoms with E-state index in [1.807, 2.05) is 45.9 Å². The van der Waals surface area contributed by atoms with Gasteiger partial charge in [0, 0.05) is 23.6 Å². The van der Waals surface area contributed by atoms with Crippen molar-refractivity contribution in [2.24, 2.45) is 0 Å². The Morgan fingerprint density at radius 3 is 2.64 bits per heavy atom. The molecule has 5 nitrogen and oxygen atoms in total. The molecule has 1 N–H and O–H groups in total. The molecule has 0 saturated carbocycles. The number of fused-ring (bicyclic) bond motifs is 1. The first-order valence-corrected chi connectivity index (χ1v) is 11.9. The summed E-state index contributed by atoms with van der Waals surface area (Å²) in [6.07, 6.45) is 1.33. The normalized spacial score (nSPS) is 14.2. The molecule has 4 aromatic rings. The third-order valence-electron chi connectivity index (χ3n) is 6.44. The molecule has 5 rings (SSSR count). The van der Waals surface area contributed by atoms with Crippen molar-refractivity contribution in [2.75, 3.05) is 6.61 Å². The molecule has 2 heterocycles. The van der Waals surface area contributed by atoms with Crippen molar-refractivity contribution in [1.29, 1.82) is 0 Å². The van der Waals surface area contributed by atoms with E-state index < -0.39 is 29.3 Å². The lowest BCUT2D eigenvalue weighted by atomic mass is 9.85. The predicted octanol–water partition coefficient (Wildman–Crippen LogP) is 6.91. The summed E-state index contributed by atoms with van der Waals surface area (Å²) in [7, 11) is 0. The van der Waals surface area contributed by atoms with Crippen LogP contribution in [-0.2, 0) is 16.0 Å². The van der Waals surface area contributed by atoms with Gasteiger partial charge >= 0.3 is 5.97 Å². The van der Waals surface area contributed by atoms with E-state index in [0.29, 0.717) is 45.3 Å². The molecule has 186 valence electrons. The molecule has 0 saturated heterocycles. The monoisotopic (exact) mass is 491 g/mol. The minimum atomic E-state index is -1.02. The Hall–Kier alpha value is -3.58. The van der Waals surface area contributed by atoms with Crippen LogP contribution in [0.25, 0.3) is 32.8 Å². The number of hydrogen-bond acceptors (Lipinski definition) is 4. The first kappa shape index (κ1) is 24.1. The Bertz CT molecular complexity index is 1510. The number of rotatable bonds is 5. The fraction of sp³-hybridized carbons (Fsp3) is 0.310. The molecule has 0 amide bonds. The van der Waals surface area contributed by atoms with Crippen LogP contribution in [0.5, 0.6) is 5.75 Å². The zero-order valence-corrected chi connectivity index (χ0v) is 20.6. The number of carboxylic acids is 1. The van der Waals surface area contributed by atoms with Crippen LogP contribution in [0.15, 0.2) is 42.6 Å². The largest absolute Gasteiger partial charge is 0.493 e. The van der Waals surface area contributed by atoms with Crippen LogP contribution >= 0.6 is 0 Å². The lowest BCUT2D eigenvalue weighted by Crippen LogP contribution is -2.25. The Balaban J connectivity index is 1.92. The number of aliphatic carboxylic acids is 1. The molecule has 0 radical (unpaired) electrons. The molecule has 3 aromatic carbocycles. The van der Waals surface area contributed by atoms with Crippen LogP contribution in [-0.4, -0.2) is 28.3 Å².